The molecule has 98 valence electrons. The number of para-hydroxylation sites is 1. The Morgan fingerprint density at radius 1 is 1.40 bits per heavy atom. The molecule has 0 radical (unpaired) electrons. The van der Waals surface area contributed by atoms with Crippen LogP contribution < -0.4 is 0 Å². The zero-order valence-electron chi connectivity index (χ0n) is 11.3. The molecule has 1 aromatic carbocycles. The van der Waals surface area contributed by atoms with Crippen LogP contribution in [0.3, 0.4) is 0 Å². The summed E-state index contributed by atoms with van der Waals surface area (Å²) >= 11 is 0. The van der Waals surface area contributed by atoms with Crippen molar-refractivity contribution in [2.45, 2.75) is 6.92 Å². The number of hydrogen-bond donors (Lipinski definition) is 1. The zero-order valence-corrected chi connectivity index (χ0v) is 11.3. The molecule has 3 nitrogen and oxygen atoms in total. The van der Waals surface area contributed by atoms with Gasteiger partial charge in [-0.05, 0) is 24.6 Å². The SMILES string of the molecule is C=CC(/C=C(\C#N)c1c[nH]c2ccccc12)=C\N=C/C. The highest BCUT2D eigenvalue weighted by Crippen LogP contribution is 2.25. The number of benzene rings is 1. The van der Waals surface area contributed by atoms with E-state index in [1.54, 1.807) is 24.6 Å². The maximum atomic E-state index is 9.40. The quantitative estimate of drug-likeness (QED) is 0.499. The van der Waals surface area contributed by atoms with Gasteiger partial charge in [-0.3, -0.25) is 4.99 Å². The van der Waals surface area contributed by atoms with E-state index in [0.29, 0.717) is 5.57 Å². The van der Waals surface area contributed by atoms with Crippen molar-refractivity contribution in [3.63, 3.8) is 0 Å². The first-order valence-electron chi connectivity index (χ1n) is 6.29. The fraction of sp³-hybridized carbons (Fsp3) is 0.0588. The van der Waals surface area contributed by atoms with Crippen molar-refractivity contribution in [1.29, 1.82) is 5.26 Å². The molecule has 2 aromatic rings. The number of hydrogen-bond acceptors (Lipinski definition) is 2. The van der Waals surface area contributed by atoms with Crippen LogP contribution in [0.25, 0.3) is 16.5 Å². The molecule has 1 aromatic heterocycles. The van der Waals surface area contributed by atoms with Crippen molar-refractivity contribution >= 4 is 22.7 Å². The summed E-state index contributed by atoms with van der Waals surface area (Å²) in [6.45, 7) is 5.58. The van der Waals surface area contributed by atoms with Crippen LogP contribution in [0.5, 0.6) is 0 Å². The third-order valence-electron chi connectivity index (χ3n) is 2.92. The molecular formula is C17H15N3. The minimum atomic E-state index is 0.583. The van der Waals surface area contributed by atoms with Gasteiger partial charge in [0.25, 0.3) is 0 Å². The van der Waals surface area contributed by atoms with Gasteiger partial charge in [0.1, 0.15) is 0 Å². The molecule has 0 atom stereocenters. The molecule has 0 saturated heterocycles. The molecule has 0 spiro atoms. The zero-order chi connectivity index (χ0) is 14.4. The largest absolute Gasteiger partial charge is 0.361 e. The Kier molecular flexibility index (Phi) is 4.31. The molecule has 2 rings (SSSR count). The standard InChI is InChI=1S/C17H15N3/c1-3-13(11-19-4-2)9-14(10-18)16-12-20-17-8-6-5-7-15(16)17/h3-9,11-12,20H,1H2,2H3/b13-11+,14-9+,19-4-. The van der Waals surface area contributed by atoms with Crippen molar-refractivity contribution < 1.29 is 0 Å². The Morgan fingerprint density at radius 3 is 2.90 bits per heavy atom. The molecule has 0 fully saturated rings. The third-order valence-corrected chi connectivity index (χ3v) is 2.92. The van der Waals surface area contributed by atoms with E-state index in [0.717, 1.165) is 22.0 Å². The topological polar surface area (TPSA) is 51.9 Å². The third kappa shape index (κ3) is 2.76. The van der Waals surface area contributed by atoms with Crippen LogP contribution in [0.4, 0.5) is 0 Å². The molecule has 1 N–H and O–H groups in total. The Bertz CT molecular complexity index is 752. The van der Waals surface area contributed by atoms with Crippen molar-refractivity contribution in [2.24, 2.45) is 4.99 Å². The lowest BCUT2D eigenvalue weighted by atomic mass is 10.0. The van der Waals surface area contributed by atoms with Gasteiger partial charge in [0, 0.05) is 35.1 Å². The number of nitrogens with one attached hydrogen (secondary N) is 1. The lowest BCUT2D eigenvalue weighted by Crippen LogP contribution is -1.81. The molecule has 0 bridgehead atoms. The van der Waals surface area contributed by atoms with Gasteiger partial charge in [0.15, 0.2) is 0 Å². The van der Waals surface area contributed by atoms with Crippen molar-refractivity contribution in [2.75, 3.05) is 0 Å². The second-order valence-electron chi connectivity index (χ2n) is 4.16. The lowest BCUT2D eigenvalue weighted by Gasteiger charge is -1.98. The molecule has 0 amide bonds. The molecule has 0 saturated carbocycles. The highest BCUT2D eigenvalue weighted by atomic mass is 14.7. The second kappa shape index (κ2) is 6.35. The molecule has 1 heterocycles. The van der Waals surface area contributed by atoms with E-state index in [1.165, 1.54) is 0 Å². The van der Waals surface area contributed by atoms with Gasteiger partial charge in [-0.25, -0.2) is 0 Å². The summed E-state index contributed by atoms with van der Waals surface area (Å²) < 4.78 is 0. The van der Waals surface area contributed by atoms with Gasteiger partial charge in [-0.15, -0.1) is 0 Å². The van der Waals surface area contributed by atoms with E-state index in [9.17, 15) is 5.26 Å². The smallest absolute Gasteiger partial charge is 0.0998 e. The summed E-state index contributed by atoms with van der Waals surface area (Å²) in [5.41, 5.74) is 3.28. The number of fused-ring (bicyclic) bond motifs is 1. The summed E-state index contributed by atoms with van der Waals surface area (Å²) in [5.74, 6) is 0. The number of rotatable bonds is 4. The van der Waals surface area contributed by atoms with Crippen molar-refractivity contribution in [1.82, 2.24) is 4.98 Å². The summed E-state index contributed by atoms with van der Waals surface area (Å²) in [5, 5.41) is 10.4. The Balaban J connectivity index is 2.52. The highest BCUT2D eigenvalue weighted by molar-refractivity contribution is 5.96. The maximum Gasteiger partial charge on any atom is 0.0998 e. The molecule has 20 heavy (non-hydrogen) atoms. The minimum absolute atomic E-state index is 0.583. The van der Waals surface area contributed by atoms with Gasteiger partial charge >= 0.3 is 0 Å². The van der Waals surface area contributed by atoms with E-state index >= 15 is 0 Å². The number of allylic oxidation sites excluding steroid dienone is 4. The van der Waals surface area contributed by atoms with Gasteiger partial charge in [-0.1, -0.05) is 30.9 Å². The number of nitrogens with zero attached hydrogens (tertiary/aromatic N) is 2. The number of aliphatic imine (C=N–C) groups is 1. The first-order chi connectivity index (χ1) is 9.80. The van der Waals surface area contributed by atoms with E-state index in [2.05, 4.69) is 22.6 Å². The monoisotopic (exact) mass is 261 g/mol. The second-order valence-corrected chi connectivity index (χ2v) is 4.16. The fourth-order valence-corrected chi connectivity index (χ4v) is 1.94. The van der Waals surface area contributed by atoms with Gasteiger partial charge in [0.05, 0.1) is 11.6 Å². The number of aromatic amines is 1. The van der Waals surface area contributed by atoms with Gasteiger partial charge in [0.2, 0.25) is 0 Å². The molecule has 0 unspecified atom stereocenters. The Morgan fingerprint density at radius 2 is 2.20 bits per heavy atom. The average Bonchev–Trinajstić information content (AvgIpc) is 2.92. The predicted molar refractivity (Wildman–Crippen MR) is 84.3 cm³/mol. The number of aromatic nitrogens is 1. The van der Waals surface area contributed by atoms with Gasteiger partial charge in [-0.2, -0.15) is 5.26 Å². The fourth-order valence-electron chi connectivity index (χ4n) is 1.94. The summed E-state index contributed by atoms with van der Waals surface area (Å²) in [7, 11) is 0. The number of nitriles is 1. The number of H-pyrrole nitrogens is 1. The van der Waals surface area contributed by atoms with E-state index in [1.807, 2.05) is 37.4 Å². The summed E-state index contributed by atoms with van der Waals surface area (Å²) in [4.78, 5) is 7.22. The summed E-state index contributed by atoms with van der Waals surface area (Å²) in [6.07, 6.45) is 8.69. The van der Waals surface area contributed by atoms with Crippen LogP contribution in [0.15, 0.2) is 66.0 Å². The highest BCUT2D eigenvalue weighted by Gasteiger charge is 2.07. The average molecular weight is 261 g/mol. The van der Waals surface area contributed by atoms with E-state index in [-0.39, 0.29) is 0 Å². The van der Waals surface area contributed by atoms with Crippen LogP contribution in [-0.2, 0) is 0 Å². The lowest BCUT2D eigenvalue weighted by molar-refractivity contribution is 1.46. The molecule has 0 aliphatic rings. The Labute approximate surface area is 118 Å². The molecule has 0 aliphatic heterocycles. The Hall–Kier alpha value is -2.86. The van der Waals surface area contributed by atoms with Crippen molar-refractivity contribution in [3.8, 4) is 6.07 Å². The van der Waals surface area contributed by atoms with Crippen LogP contribution >= 0.6 is 0 Å². The maximum absolute atomic E-state index is 9.40. The van der Waals surface area contributed by atoms with Gasteiger partial charge < -0.3 is 4.98 Å². The summed E-state index contributed by atoms with van der Waals surface area (Å²) in [6, 6.07) is 10.1. The van der Waals surface area contributed by atoms with E-state index < -0.39 is 0 Å². The van der Waals surface area contributed by atoms with Crippen LogP contribution in [0.2, 0.25) is 0 Å². The van der Waals surface area contributed by atoms with E-state index in [4.69, 9.17) is 0 Å². The predicted octanol–water partition coefficient (Wildman–Crippen LogP) is 4.24. The molecule has 0 aliphatic carbocycles. The first-order valence-corrected chi connectivity index (χ1v) is 6.29. The first kappa shape index (κ1) is 13.6. The van der Waals surface area contributed by atoms with Crippen LogP contribution in [-0.4, -0.2) is 11.2 Å². The minimum Gasteiger partial charge on any atom is -0.361 e. The van der Waals surface area contributed by atoms with Crippen LogP contribution in [0.1, 0.15) is 12.5 Å². The van der Waals surface area contributed by atoms with Crippen LogP contribution in [0, 0.1) is 11.3 Å². The van der Waals surface area contributed by atoms with Crippen molar-refractivity contribution in [3.05, 3.63) is 66.5 Å². The molecule has 3 heteroatoms. The molecular weight excluding hydrogens is 246 g/mol. The normalized spacial score (nSPS) is 12.8.